The van der Waals surface area contributed by atoms with Gasteiger partial charge in [0.25, 0.3) is 0 Å². The van der Waals surface area contributed by atoms with Gasteiger partial charge in [-0.1, -0.05) is 0 Å². The molecule has 0 aromatic rings. The summed E-state index contributed by atoms with van der Waals surface area (Å²) in [4.78, 5) is 13.3. The second-order valence-corrected chi connectivity index (χ2v) is 8.10. The monoisotopic (exact) mass is 313 g/mol. The van der Waals surface area contributed by atoms with Crippen LogP contribution < -0.4 is 0 Å². The zero-order valence-electron chi connectivity index (χ0n) is 12.8. The largest absolute Gasteiger partial charge is 0.481 e. The molecule has 0 aromatic carbocycles. The Labute approximate surface area is 131 Å². The maximum atomic E-state index is 10.7. The third-order valence-corrected chi connectivity index (χ3v) is 6.46. The van der Waals surface area contributed by atoms with Gasteiger partial charge in [0.15, 0.2) is 0 Å². The first kappa shape index (κ1) is 15.6. The fourth-order valence-electron chi connectivity index (χ4n) is 4.16. The highest BCUT2D eigenvalue weighted by atomic mass is 32.2. The molecule has 1 N–H and O–H groups in total. The molecule has 4 nitrogen and oxygen atoms in total. The number of carboxylic acids is 1. The predicted octanol–water partition coefficient (Wildman–Crippen LogP) is 2.62. The molecule has 0 bridgehead atoms. The van der Waals surface area contributed by atoms with E-state index in [0.717, 1.165) is 32.5 Å². The number of rotatable bonds is 4. The van der Waals surface area contributed by atoms with E-state index in [2.05, 4.69) is 16.7 Å². The van der Waals surface area contributed by atoms with Crippen molar-refractivity contribution in [2.75, 3.05) is 31.2 Å². The minimum atomic E-state index is -0.654. The highest BCUT2D eigenvalue weighted by Crippen LogP contribution is 2.40. The number of carboxylic acid groups (broad SMARTS) is 1. The molecule has 21 heavy (non-hydrogen) atoms. The predicted molar refractivity (Wildman–Crippen MR) is 84.8 cm³/mol. The van der Waals surface area contributed by atoms with E-state index < -0.39 is 5.97 Å². The van der Waals surface area contributed by atoms with Gasteiger partial charge in [-0.3, -0.25) is 9.69 Å². The van der Waals surface area contributed by atoms with Crippen LogP contribution in [0.3, 0.4) is 0 Å². The van der Waals surface area contributed by atoms with Crippen LogP contribution in [0.1, 0.15) is 44.9 Å². The lowest BCUT2D eigenvalue weighted by Gasteiger charge is -2.45. The Morgan fingerprint density at radius 2 is 2.14 bits per heavy atom. The molecule has 120 valence electrons. The molecular weight excluding hydrogens is 286 g/mol. The zero-order valence-corrected chi connectivity index (χ0v) is 13.6. The number of likely N-dealkylation sites (tertiary alicyclic amines) is 1. The number of thioether (sulfide) groups is 1. The number of hydrogen-bond acceptors (Lipinski definition) is 4. The van der Waals surface area contributed by atoms with Crippen molar-refractivity contribution in [3.8, 4) is 0 Å². The highest BCUT2D eigenvalue weighted by Gasteiger charge is 2.41. The summed E-state index contributed by atoms with van der Waals surface area (Å²) in [5.41, 5.74) is 0.160. The van der Waals surface area contributed by atoms with Gasteiger partial charge in [-0.25, -0.2) is 0 Å². The molecule has 0 radical (unpaired) electrons. The summed E-state index contributed by atoms with van der Waals surface area (Å²) in [5, 5.41) is 8.82. The molecule has 0 saturated carbocycles. The van der Waals surface area contributed by atoms with Crippen LogP contribution in [0.5, 0.6) is 0 Å². The number of ether oxygens (including phenoxy) is 1. The maximum Gasteiger partial charge on any atom is 0.303 e. The van der Waals surface area contributed by atoms with Crippen molar-refractivity contribution >= 4 is 17.7 Å². The third kappa shape index (κ3) is 3.93. The minimum Gasteiger partial charge on any atom is -0.481 e. The van der Waals surface area contributed by atoms with Crippen LogP contribution >= 0.6 is 11.8 Å². The lowest BCUT2D eigenvalue weighted by atomic mass is 9.85. The second-order valence-electron chi connectivity index (χ2n) is 6.87. The van der Waals surface area contributed by atoms with Gasteiger partial charge in [0.1, 0.15) is 0 Å². The molecule has 0 aromatic heterocycles. The lowest BCUT2D eigenvalue weighted by molar-refractivity contribution is -0.137. The van der Waals surface area contributed by atoms with Gasteiger partial charge in [-0.2, -0.15) is 11.8 Å². The van der Waals surface area contributed by atoms with E-state index in [1.165, 1.54) is 37.2 Å². The molecule has 1 spiro atoms. The van der Waals surface area contributed by atoms with Gasteiger partial charge in [0.05, 0.1) is 5.60 Å². The molecule has 3 aliphatic heterocycles. The van der Waals surface area contributed by atoms with Crippen LogP contribution in [0.2, 0.25) is 0 Å². The quantitative estimate of drug-likeness (QED) is 0.864. The number of nitrogens with zero attached hydrogens (tertiary/aromatic N) is 1. The first-order valence-corrected chi connectivity index (χ1v) is 9.50. The van der Waals surface area contributed by atoms with E-state index in [-0.39, 0.29) is 5.60 Å². The summed E-state index contributed by atoms with van der Waals surface area (Å²) in [7, 11) is 0. The smallest absolute Gasteiger partial charge is 0.303 e. The van der Waals surface area contributed by atoms with Crippen molar-refractivity contribution in [3.63, 3.8) is 0 Å². The topological polar surface area (TPSA) is 49.8 Å². The summed E-state index contributed by atoms with van der Waals surface area (Å²) in [6.07, 6.45) is 7.12. The van der Waals surface area contributed by atoms with Crippen molar-refractivity contribution in [3.05, 3.63) is 0 Å². The molecule has 3 rings (SSSR count). The Morgan fingerprint density at radius 3 is 2.90 bits per heavy atom. The Balaban J connectivity index is 1.51. The first-order chi connectivity index (χ1) is 10.2. The van der Waals surface area contributed by atoms with E-state index in [9.17, 15) is 4.79 Å². The maximum absolute atomic E-state index is 10.7. The molecule has 0 amide bonds. The molecule has 0 aliphatic carbocycles. The highest BCUT2D eigenvalue weighted by molar-refractivity contribution is 7.99. The Kier molecular flexibility index (Phi) is 5.12. The van der Waals surface area contributed by atoms with Crippen molar-refractivity contribution in [2.24, 2.45) is 5.92 Å². The van der Waals surface area contributed by atoms with Crippen molar-refractivity contribution in [1.29, 1.82) is 0 Å². The Morgan fingerprint density at radius 1 is 1.33 bits per heavy atom. The summed E-state index contributed by atoms with van der Waals surface area (Å²) in [6, 6.07) is 0.664. The molecule has 2 unspecified atom stereocenters. The van der Waals surface area contributed by atoms with Crippen molar-refractivity contribution in [2.45, 2.75) is 56.6 Å². The summed E-state index contributed by atoms with van der Waals surface area (Å²) in [6.45, 7) is 3.16. The van der Waals surface area contributed by atoms with Gasteiger partial charge in [-0.05, 0) is 62.5 Å². The second kappa shape index (κ2) is 6.88. The molecule has 3 aliphatic rings. The van der Waals surface area contributed by atoms with Crippen LogP contribution in [0.15, 0.2) is 0 Å². The lowest BCUT2D eigenvalue weighted by Crippen LogP contribution is -2.49. The van der Waals surface area contributed by atoms with Crippen molar-refractivity contribution in [1.82, 2.24) is 4.90 Å². The average molecular weight is 313 g/mol. The van der Waals surface area contributed by atoms with Crippen LogP contribution in [0, 0.1) is 5.92 Å². The summed E-state index contributed by atoms with van der Waals surface area (Å²) in [5.74, 6) is 2.42. The average Bonchev–Trinajstić information content (AvgIpc) is 2.95. The molecule has 3 heterocycles. The number of aliphatic carboxylic acids is 1. The molecule has 3 fully saturated rings. The molecule has 3 saturated heterocycles. The Hall–Kier alpha value is -0.260. The van der Waals surface area contributed by atoms with Gasteiger partial charge in [0.2, 0.25) is 0 Å². The van der Waals surface area contributed by atoms with Crippen LogP contribution in [-0.2, 0) is 9.53 Å². The third-order valence-electron chi connectivity index (χ3n) is 5.47. The normalized spacial score (nSPS) is 33.3. The van der Waals surface area contributed by atoms with Gasteiger partial charge in [0, 0.05) is 25.6 Å². The van der Waals surface area contributed by atoms with E-state index in [1.54, 1.807) is 0 Å². The van der Waals surface area contributed by atoms with E-state index in [4.69, 9.17) is 9.84 Å². The van der Waals surface area contributed by atoms with Gasteiger partial charge in [-0.15, -0.1) is 0 Å². The van der Waals surface area contributed by atoms with Crippen LogP contribution in [0.4, 0.5) is 0 Å². The summed E-state index contributed by atoms with van der Waals surface area (Å²) >= 11 is 2.06. The van der Waals surface area contributed by atoms with Crippen LogP contribution in [-0.4, -0.2) is 58.8 Å². The number of carbonyl (C=O) groups is 1. The van der Waals surface area contributed by atoms with E-state index >= 15 is 0 Å². The molecular formula is C16H27NO3S. The SMILES string of the molecule is O=C(O)CCC1CCN(C2CCOC3(CCSCC3)C2)C1. The Bertz CT molecular complexity index is 365. The summed E-state index contributed by atoms with van der Waals surface area (Å²) < 4.78 is 6.18. The van der Waals surface area contributed by atoms with Gasteiger partial charge < -0.3 is 9.84 Å². The van der Waals surface area contributed by atoms with Crippen molar-refractivity contribution < 1.29 is 14.6 Å². The van der Waals surface area contributed by atoms with Crippen LogP contribution in [0.25, 0.3) is 0 Å². The fraction of sp³-hybridized carbons (Fsp3) is 0.938. The number of hydrogen-bond donors (Lipinski definition) is 1. The van der Waals surface area contributed by atoms with Gasteiger partial charge >= 0.3 is 5.97 Å². The van der Waals surface area contributed by atoms with E-state index in [0.29, 0.717) is 18.4 Å². The van der Waals surface area contributed by atoms with E-state index in [1.807, 2.05) is 0 Å². The standard InChI is InChI=1S/C16H27NO3S/c18-15(19)2-1-13-3-7-17(12-13)14-4-8-20-16(11-14)5-9-21-10-6-16/h13-14H,1-12H2,(H,18,19). The zero-order chi connectivity index (χ0) is 14.7. The fourth-order valence-corrected chi connectivity index (χ4v) is 5.40. The molecule has 2 atom stereocenters. The molecule has 5 heteroatoms. The first-order valence-electron chi connectivity index (χ1n) is 8.34. The minimum absolute atomic E-state index is 0.160.